The molecule has 0 aliphatic heterocycles. The number of hydrogen-bond donors (Lipinski definition) is 1. The number of nitriles is 1. The highest BCUT2D eigenvalue weighted by molar-refractivity contribution is 5.86. The van der Waals surface area contributed by atoms with Crippen molar-refractivity contribution in [1.82, 2.24) is 4.57 Å². The van der Waals surface area contributed by atoms with Gasteiger partial charge in [0.25, 0.3) is 0 Å². The molecule has 1 atom stereocenters. The molecule has 0 saturated heterocycles. The number of hydrogen-bond acceptors (Lipinski definition) is 4. The van der Waals surface area contributed by atoms with Crippen LogP contribution in [-0.4, -0.2) is 28.4 Å². The van der Waals surface area contributed by atoms with Crippen molar-refractivity contribution in [3.63, 3.8) is 0 Å². The summed E-state index contributed by atoms with van der Waals surface area (Å²) in [6, 6.07) is 9.41. The van der Waals surface area contributed by atoms with Gasteiger partial charge in [-0.25, -0.2) is 0 Å². The number of aliphatic hydroxyl groups is 1. The van der Waals surface area contributed by atoms with E-state index in [2.05, 4.69) is 6.07 Å². The fourth-order valence-corrected chi connectivity index (χ4v) is 2.18. The van der Waals surface area contributed by atoms with E-state index < -0.39 is 12.1 Å². The van der Waals surface area contributed by atoms with E-state index in [0.717, 1.165) is 10.9 Å². The average Bonchev–Trinajstić information content (AvgIpc) is 2.82. The van der Waals surface area contributed by atoms with Crippen molar-refractivity contribution < 1.29 is 14.6 Å². The molecule has 20 heavy (non-hydrogen) atoms. The normalized spacial score (nSPS) is 12.1. The zero-order valence-corrected chi connectivity index (χ0v) is 11.2. The Hall–Kier alpha value is -2.32. The molecule has 0 fully saturated rings. The molecular weight excluding hydrogens is 256 g/mol. The molecular formula is C15H16N2O3. The number of esters is 1. The van der Waals surface area contributed by atoms with Crippen LogP contribution in [0.25, 0.3) is 10.9 Å². The molecule has 5 nitrogen and oxygen atoms in total. The summed E-state index contributed by atoms with van der Waals surface area (Å²) < 4.78 is 6.64. The molecule has 1 N–H and O–H groups in total. The van der Waals surface area contributed by atoms with E-state index in [1.807, 2.05) is 16.7 Å². The lowest BCUT2D eigenvalue weighted by Crippen LogP contribution is -2.20. The van der Waals surface area contributed by atoms with Crippen LogP contribution in [-0.2, 0) is 16.1 Å². The Morgan fingerprint density at radius 2 is 2.30 bits per heavy atom. The summed E-state index contributed by atoms with van der Waals surface area (Å²) in [5.74, 6) is -0.408. The highest BCUT2D eigenvalue weighted by atomic mass is 16.5. The molecule has 0 amide bonds. The summed E-state index contributed by atoms with van der Waals surface area (Å²) in [5, 5.41) is 19.8. The van der Waals surface area contributed by atoms with Crippen molar-refractivity contribution in [2.45, 2.75) is 26.0 Å². The third-order valence-corrected chi connectivity index (χ3v) is 3.05. The first-order valence-corrected chi connectivity index (χ1v) is 6.47. The van der Waals surface area contributed by atoms with Gasteiger partial charge < -0.3 is 14.4 Å². The number of benzene rings is 1. The van der Waals surface area contributed by atoms with Crippen molar-refractivity contribution in [3.8, 4) is 6.07 Å². The summed E-state index contributed by atoms with van der Waals surface area (Å²) in [7, 11) is 0. The lowest BCUT2D eigenvalue weighted by atomic mass is 10.1. The minimum atomic E-state index is -0.810. The van der Waals surface area contributed by atoms with Gasteiger partial charge in [-0.15, -0.1) is 0 Å². The van der Waals surface area contributed by atoms with Crippen LogP contribution in [0.4, 0.5) is 0 Å². The molecule has 2 aromatic rings. The highest BCUT2D eigenvalue weighted by Gasteiger charge is 2.14. The van der Waals surface area contributed by atoms with E-state index in [0.29, 0.717) is 12.2 Å². The number of nitrogens with zero attached hydrogens (tertiary/aromatic N) is 2. The topological polar surface area (TPSA) is 75.2 Å². The van der Waals surface area contributed by atoms with Crippen molar-refractivity contribution in [2.24, 2.45) is 0 Å². The largest absolute Gasteiger partial charge is 0.466 e. The Balaban J connectivity index is 2.14. The molecule has 1 unspecified atom stereocenters. The minimum absolute atomic E-state index is 0.0363. The average molecular weight is 272 g/mol. The fraction of sp³-hybridized carbons (Fsp3) is 0.333. The van der Waals surface area contributed by atoms with Crippen LogP contribution in [0.5, 0.6) is 0 Å². The Morgan fingerprint density at radius 1 is 1.50 bits per heavy atom. The Kier molecular flexibility index (Phi) is 4.38. The molecule has 2 rings (SSSR count). The number of carbonyl (C=O) groups is 1. The van der Waals surface area contributed by atoms with Crippen LogP contribution < -0.4 is 0 Å². The van der Waals surface area contributed by atoms with Gasteiger partial charge in [0, 0.05) is 23.6 Å². The number of fused-ring (bicyclic) bond motifs is 1. The SMILES string of the molecule is CCOC(=O)CC(O)Cn1ccc2c(C#N)cccc21. The number of aliphatic hydroxyl groups excluding tert-OH is 1. The second kappa shape index (κ2) is 6.22. The smallest absolute Gasteiger partial charge is 0.308 e. The van der Waals surface area contributed by atoms with Crippen LogP contribution in [0.3, 0.4) is 0 Å². The van der Waals surface area contributed by atoms with Crippen molar-refractivity contribution in [2.75, 3.05) is 6.61 Å². The maximum atomic E-state index is 11.3. The number of carbonyl (C=O) groups excluding carboxylic acids is 1. The predicted octanol–water partition coefficient (Wildman–Crippen LogP) is 1.83. The van der Waals surface area contributed by atoms with Crippen LogP contribution in [0, 0.1) is 11.3 Å². The minimum Gasteiger partial charge on any atom is -0.466 e. The predicted molar refractivity (Wildman–Crippen MR) is 73.9 cm³/mol. The van der Waals surface area contributed by atoms with E-state index in [-0.39, 0.29) is 13.0 Å². The molecule has 0 saturated carbocycles. The fourth-order valence-electron chi connectivity index (χ4n) is 2.18. The van der Waals surface area contributed by atoms with Gasteiger partial charge in [0.15, 0.2) is 0 Å². The van der Waals surface area contributed by atoms with Gasteiger partial charge in [0.05, 0.1) is 30.8 Å². The molecule has 0 aliphatic carbocycles. The summed E-state index contributed by atoms with van der Waals surface area (Å²) in [5.41, 5.74) is 1.47. The van der Waals surface area contributed by atoms with Gasteiger partial charge in [0.2, 0.25) is 0 Å². The van der Waals surface area contributed by atoms with Crippen molar-refractivity contribution in [3.05, 3.63) is 36.0 Å². The molecule has 1 aromatic heterocycles. The van der Waals surface area contributed by atoms with Crippen LogP contribution >= 0.6 is 0 Å². The molecule has 5 heteroatoms. The zero-order chi connectivity index (χ0) is 14.5. The third kappa shape index (κ3) is 2.98. The molecule has 0 bridgehead atoms. The first-order valence-electron chi connectivity index (χ1n) is 6.47. The molecule has 0 aliphatic rings. The van der Waals surface area contributed by atoms with E-state index in [9.17, 15) is 9.90 Å². The van der Waals surface area contributed by atoms with E-state index in [1.165, 1.54) is 0 Å². The van der Waals surface area contributed by atoms with Crippen LogP contribution in [0.1, 0.15) is 18.9 Å². The summed E-state index contributed by atoms with van der Waals surface area (Å²) in [6.45, 7) is 2.33. The van der Waals surface area contributed by atoms with E-state index in [1.54, 1.807) is 25.3 Å². The van der Waals surface area contributed by atoms with Gasteiger partial charge >= 0.3 is 5.97 Å². The Bertz CT molecular complexity index is 655. The lowest BCUT2D eigenvalue weighted by Gasteiger charge is -2.12. The van der Waals surface area contributed by atoms with Gasteiger partial charge in [-0.05, 0) is 25.1 Å². The highest BCUT2D eigenvalue weighted by Crippen LogP contribution is 2.20. The van der Waals surface area contributed by atoms with Crippen molar-refractivity contribution in [1.29, 1.82) is 5.26 Å². The van der Waals surface area contributed by atoms with Gasteiger partial charge in [0.1, 0.15) is 0 Å². The maximum absolute atomic E-state index is 11.3. The van der Waals surface area contributed by atoms with Gasteiger partial charge in [-0.3, -0.25) is 4.79 Å². The third-order valence-electron chi connectivity index (χ3n) is 3.05. The summed E-state index contributed by atoms with van der Waals surface area (Å²) >= 11 is 0. The van der Waals surface area contributed by atoms with Crippen molar-refractivity contribution >= 4 is 16.9 Å². The molecule has 1 heterocycles. The van der Waals surface area contributed by atoms with Gasteiger partial charge in [-0.1, -0.05) is 6.07 Å². The monoisotopic (exact) mass is 272 g/mol. The first-order chi connectivity index (χ1) is 9.65. The molecule has 0 radical (unpaired) electrons. The Labute approximate surface area is 117 Å². The second-order valence-electron chi connectivity index (χ2n) is 4.48. The maximum Gasteiger partial charge on any atom is 0.308 e. The molecule has 1 aromatic carbocycles. The number of ether oxygens (including phenoxy) is 1. The quantitative estimate of drug-likeness (QED) is 0.842. The van der Waals surface area contributed by atoms with Crippen LogP contribution in [0.2, 0.25) is 0 Å². The van der Waals surface area contributed by atoms with Crippen LogP contribution in [0.15, 0.2) is 30.5 Å². The van der Waals surface area contributed by atoms with E-state index in [4.69, 9.17) is 10.00 Å². The zero-order valence-electron chi connectivity index (χ0n) is 11.2. The standard InChI is InChI=1S/C15H16N2O3/c1-2-20-15(19)8-12(18)10-17-7-6-13-11(9-16)4-3-5-14(13)17/h3-7,12,18H,2,8,10H2,1H3. The Morgan fingerprint density at radius 3 is 3.00 bits per heavy atom. The number of aromatic nitrogens is 1. The van der Waals surface area contributed by atoms with Gasteiger partial charge in [-0.2, -0.15) is 5.26 Å². The lowest BCUT2D eigenvalue weighted by molar-refractivity contribution is -0.145. The molecule has 104 valence electrons. The first kappa shape index (κ1) is 14.1. The van der Waals surface area contributed by atoms with E-state index >= 15 is 0 Å². The summed E-state index contributed by atoms with van der Waals surface area (Å²) in [4.78, 5) is 11.3. The second-order valence-corrected chi connectivity index (χ2v) is 4.48. The summed E-state index contributed by atoms with van der Waals surface area (Å²) in [6.07, 6.45) is 0.959. The number of rotatable bonds is 5. The molecule has 0 spiro atoms.